The first-order valence-corrected chi connectivity index (χ1v) is 7.19. The number of carbonyl (C=O) groups excluding carboxylic acids is 1. The topological polar surface area (TPSA) is 59.4 Å². The van der Waals surface area contributed by atoms with Crippen LogP contribution in [0.1, 0.15) is 5.56 Å². The molecule has 0 spiro atoms. The molecule has 6 heteroatoms. The lowest BCUT2D eigenvalue weighted by atomic mass is 10.1. The Morgan fingerprint density at radius 3 is 2.77 bits per heavy atom. The Labute approximate surface area is 129 Å². The number of nitrogens with zero attached hydrogens (tertiary/aromatic N) is 3. The molecule has 0 radical (unpaired) electrons. The average Bonchev–Trinajstić information content (AvgIpc) is 2.53. The van der Waals surface area contributed by atoms with Crippen LogP contribution in [0.5, 0.6) is 0 Å². The fourth-order valence-electron chi connectivity index (χ4n) is 2.48. The molecule has 2 rings (SSSR count). The van der Waals surface area contributed by atoms with Gasteiger partial charge in [-0.25, -0.2) is 4.39 Å². The van der Waals surface area contributed by atoms with Gasteiger partial charge in [0.1, 0.15) is 17.4 Å². The molecule has 1 N–H and O–H groups in total. The molecular weight excluding hydrogens is 283 g/mol. The Morgan fingerprint density at radius 2 is 2.14 bits per heavy atom. The Hall–Kier alpha value is -2.39. The van der Waals surface area contributed by atoms with Gasteiger partial charge < -0.3 is 10.2 Å². The molecule has 1 saturated heterocycles. The highest BCUT2D eigenvalue weighted by molar-refractivity contribution is 5.78. The Balaban J connectivity index is 1.93. The molecule has 0 bridgehead atoms. The van der Waals surface area contributed by atoms with Crippen molar-refractivity contribution in [3.8, 4) is 6.07 Å². The molecule has 0 aromatic heterocycles. The van der Waals surface area contributed by atoms with Crippen LogP contribution in [0.25, 0.3) is 0 Å². The number of hydrogen-bond donors (Lipinski definition) is 1. The lowest BCUT2D eigenvalue weighted by Crippen LogP contribution is -2.49. The summed E-state index contributed by atoms with van der Waals surface area (Å²) in [6.07, 6.45) is 1.64. The van der Waals surface area contributed by atoms with E-state index in [2.05, 4.69) is 11.9 Å². The Morgan fingerprint density at radius 1 is 1.41 bits per heavy atom. The van der Waals surface area contributed by atoms with Crippen LogP contribution >= 0.6 is 0 Å². The van der Waals surface area contributed by atoms with Crippen molar-refractivity contribution in [3.05, 3.63) is 42.2 Å². The molecule has 0 atom stereocenters. The molecule has 1 amide bonds. The van der Waals surface area contributed by atoms with Crippen LogP contribution in [0.3, 0.4) is 0 Å². The van der Waals surface area contributed by atoms with Crippen molar-refractivity contribution in [2.75, 3.05) is 44.2 Å². The molecule has 22 heavy (non-hydrogen) atoms. The molecule has 1 heterocycles. The lowest BCUT2D eigenvalue weighted by molar-refractivity contribution is -0.122. The number of halogens is 1. The standard InChI is InChI=1S/C16H19FN4O/c1-2-6-19-16(22)12-20-7-9-21(10-8-20)15-5-3-4-14(17)13(15)11-18/h2-5H,1,6-10,12H2,(H,19,22). The number of piperazine rings is 1. The van der Waals surface area contributed by atoms with Crippen LogP contribution in [0.15, 0.2) is 30.9 Å². The van der Waals surface area contributed by atoms with Crippen molar-refractivity contribution >= 4 is 11.6 Å². The second kappa shape index (κ2) is 7.57. The third-order valence-electron chi connectivity index (χ3n) is 3.63. The molecule has 1 aromatic rings. The van der Waals surface area contributed by atoms with Crippen molar-refractivity contribution in [1.29, 1.82) is 5.26 Å². The first kappa shape index (κ1) is 16.0. The van der Waals surface area contributed by atoms with Gasteiger partial charge in [-0.2, -0.15) is 5.26 Å². The van der Waals surface area contributed by atoms with E-state index in [0.717, 1.165) is 0 Å². The van der Waals surface area contributed by atoms with Gasteiger partial charge in [-0.1, -0.05) is 12.1 Å². The molecule has 0 unspecified atom stereocenters. The largest absolute Gasteiger partial charge is 0.368 e. The molecule has 0 saturated carbocycles. The quantitative estimate of drug-likeness (QED) is 0.828. The summed E-state index contributed by atoms with van der Waals surface area (Å²) >= 11 is 0. The number of nitrogens with one attached hydrogen (secondary N) is 1. The minimum absolute atomic E-state index is 0.0307. The van der Waals surface area contributed by atoms with E-state index in [4.69, 9.17) is 5.26 Å². The van der Waals surface area contributed by atoms with Gasteiger partial charge in [0.25, 0.3) is 0 Å². The van der Waals surface area contributed by atoms with E-state index >= 15 is 0 Å². The van der Waals surface area contributed by atoms with Crippen molar-refractivity contribution in [3.63, 3.8) is 0 Å². The van der Waals surface area contributed by atoms with Crippen LogP contribution < -0.4 is 10.2 Å². The number of amides is 1. The molecule has 5 nitrogen and oxygen atoms in total. The van der Waals surface area contributed by atoms with Gasteiger partial charge in [-0.05, 0) is 12.1 Å². The van der Waals surface area contributed by atoms with Crippen LogP contribution in [0.4, 0.5) is 10.1 Å². The number of anilines is 1. The highest BCUT2D eigenvalue weighted by Crippen LogP contribution is 2.23. The number of rotatable bonds is 5. The minimum atomic E-state index is -0.494. The smallest absolute Gasteiger partial charge is 0.234 e. The maximum Gasteiger partial charge on any atom is 0.234 e. The molecule has 1 aliphatic rings. The van der Waals surface area contributed by atoms with Gasteiger partial charge >= 0.3 is 0 Å². The van der Waals surface area contributed by atoms with Gasteiger partial charge in [-0.3, -0.25) is 9.69 Å². The van der Waals surface area contributed by atoms with E-state index in [-0.39, 0.29) is 11.5 Å². The van der Waals surface area contributed by atoms with Crippen LogP contribution in [0.2, 0.25) is 0 Å². The number of benzene rings is 1. The summed E-state index contributed by atoms with van der Waals surface area (Å²) in [5, 5.41) is 11.8. The van der Waals surface area contributed by atoms with Crippen LogP contribution in [-0.2, 0) is 4.79 Å². The predicted molar refractivity (Wildman–Crippen MR) is 83.0 cm³/mol. The summed E-state index contributed by atoms with van der Waals surface area (Å²) in [4.78, 5) is 15.7. The zero-order valence-electron chi connectivity index (χ0n) is 12.4. The second-order valence-electron chi connectivity index (χ2n) is 5.10. The van der Waals surface area contributed by atoms with Crippen molar-refractivity contribution in [2.45, 2.75) is 0 Å². The number of nitriles is 1. The zero-order chi connectivity index (χ0) is 15.9. The minimum Gasteiger partial charge on any atom is -0.368 e. The summed E-state index contributed by atoms with van der Waals surface area (Å²) in [5.41, 5.74) is 0.706. The monoisotopic (exact) mass is 302 g/mol. The van der Waals surface area contributed by atoms with Gasteiger partial charge in [0.15, 0.2) is 0 Å². The van der Waals surface area contributed by atoms with Crippen molar-refractivity contribution < 1.29 is 9.18 Å². The van der Waals surface area contributed by atoms with E-state index < -0.39 is 5.82 Å². The van der Waals surface area contributed by atoms with Crippen molar-refractivity contribution in [1.82, 2.24) is 10.2 Å². The molecule has 116 valence electrons. The average molecular weight is 302 g/mol. The second-order valence-corrected chi connectivity index (χ2v) is 5.10. The summed E-state index contributed by atoms with van der Waals surface area (Å²) in [7, 11) is 0. The van der Waals surface area contributed by atoms with Gasteiger partial charge in [0, 0.05) is 32.7 Å². The van der Waals surface area contributed by atoms with Gasteiger partial charge in [-0.15, -0.1) is 6.58 Å². The highest BCUT2D eigenvalue weighted by atomic mass is 19.1. The van der Waals surface area contributed by atoms with Crippen LogP contribution in [-0.4, -0.2) is 50.1 Å². The third kappa shape index (κ3) is 3.83. The maximum atomic E-state index is 13.7. The highest BCUT2D eigenvalue weighted by Gasteiger charge is 2.21. The summed E-state index contributed by atoms with van der Waals surface area (Å²) in [5.74, 6) is -0.525. The Bertz CT molecular complexity index is 588. The van der Waals surface area contributed by atoms with E-state index in [1.54, 1.807) is 18.2 Å². The van der Waals surface area contributed by atoms with E-state index in [0.29, 0.717) is 45.0 Å². The van der Waals surface area contributed by atoms with E-state index in [9.17, 15) is 9.18 Å². The molecule has 1 aliphatic heterocycles. The first-order chi connectivity index (χ1) is 10.7. The van der Waals surface area contributed by atoms with Gasteiger partial charge in [0.05, 0.1) is 12.2 Å². The fraction of sp³-hybridized carbons (Fsp3) is 0.375. The lowest BCUT2D eigenvalue weighted by Gasteiger charge is -2.36. The predicted octanol–water partition coefficient (Wildman–Crippen LogP) is 1.12. The first-order valence-electron chi connectivity index (χ1n) is 7.19. The summed E-state index contributed by atoms with van der Waals surface area (Å²) < 4.78 is 13.7. The van der Waals surface area contributed by atoms with Crippen molar-refractivity contribution in [2.24, 2.45) is 0 Å². The van der Waals surface area contributed by atoms with E-state index in [1.165, 1.54) is 6.07 Å². The van der Waals surface area contributed by atoms with Gasteiger partial charge in [0.2, 0.25) is 5.91 Å². The summed E-state index contributed by atoms with van der Waals surface area (Å²) in [6, 6.07) is 6.59. The zero-order valence-corrected chi connectivity index (χ0v) is 12.4. The SMILES string of the molecule is C=CCNC(=O)CN1CCN(c2cccc(F)c2C#N)CC1. The van der Waals surface area contributed by atoms with Crippen LogP contribution in [0, 0.1) is 17.1 Å². The number of hydrogen-bond acceptors (Lipinski definition) is 4. The maximum absolute atomic E-state index is 13.7. The third-order valence-corrected chi connectivity index (χ3v) is 3.63. The Kier molecular flexibility index (Phi) is 5.50. The molecule has 0 aliphatic carbocycles. The molecule has 1 aromatic carbocycles. The normalized spacial score (nSPS) is 15.2. The fourth-order valence-corrected chi connectivity index (χ4v) is 2.48. The van der Waals surface area contributed by atoms with E-state index in [1.807, 2.05) is 15.9 Å². The molecular formula is C16H19FN4O. The molecule has 1 fully saturated rings. The number of carbonyl (C=O) groups is 1. The summed E-state index contributed by atoms with van der Waals surface area (Å²) in [6.45, 7) is 7.08.